The average Bonchev–Trinajstić information content (AvgIpc) is 3.14. The molecule has 0 aliphatic heterocycles. The van der Waals surface area contributed by atoms with Crippen LogP contribution in [0.25, 0.3) is 0 Å². The van der Waals surface area contributed by atoms with Crippen molar-refractivity contribution < 1.29 is 19.1 Å². The van der Waals surface area contributed by atoms with Crippen LogP contribution in [0.2, 0.25) is 5.02 Å². The molecule has 0 unspecified atom stereocenters. The van der Waals surface area contributed by atoms with Gasteiger partial charge in [0.05, 0.1) is 5.56 Å². The standard InChI is InChI=1S/C17H16ClN3O4S/c1-8(25-17(24)11-7-9(18)5-6-20-11)15(23)21-16-13(14(19)22)10-3-2-4-12(10)26-16/h5-8H,2-4H2,1H3,(H2,19,22)(H,21,23)/t8-/m0/s1. The van der Waals surface area contributed by atoms with Crippen molar-refractivity contribution in [2.75, 3.05) is 5.32 Å². The van der Waals surface area contributed by atoms with Gasteiger partial charge in [-0.25, -0.2) is 9.78 Å². The van der Waals surface area contributed by atoms with E-state index < -0.39 is 23.9 Å². The highest BCUT2D eigenvalue weighted by atomic mass is 35.5. The van der Waals surface area contributed by atoms with Gasteiger partial charge in [0, 0.05) is 16.1 Å². The van der Waals surface area contributed by atoms with Crippen LogP contribution < -0.4 is 11.1 Å². The molecule has 0 aromatic carbocycles. The van der Waals surface area contributed by atoms with Gasteiger partial charge in [-0.1, -0.05) is 11.6 Å². The highest BCUT2D eigenvalue weighted by Crippen LogP contribution is 2.38. The number of aromatic nitrogens is 1. The number of anilines is 1. The average molecular weight is 394 g/mol. The minimum Gasteiger partial charge on any atom is -0.448 e. The number of aryl methyl sites for hydroxylation is 1. The predicted molar refractivity (Wildman–Crippen MR) is 97.6 cm³/mol. The number of primary amides is 1. The molecule has 1 atom stereocenters. The molecule has 0 saturated carbocycles. The molecule has 7 nitrogen and oxygen atoms in total. The fourth-order valence-corrected chi connectivity index (χ4v) is 4.21. The van der Waals surface area contributed by atoms with E-state index in [0.29, 0.717) is 15.6 Å². The summed E-state index contributed by atoms with van der Waals surface area (Å²) in [5.41, 5.74) is 6.73. The van der Waals surface area contributed by atoms with Crippen LogP contribution in [0.5, 0.6) is 0 Å². The van der Waals surface area contributed by atoms with Gasteiger partial charge in [0.15, 0.2) is 6.10 Å². The molecule has 1 aliphatic carbocycles. The zero-order valence-corrected chi connectivity index (χ0v) is 15.4. The van der Waals surface area contributed by atoms with Crippen LogP contribution in [-0.2, 0) is 22.4 Å². The maximum atomic E-state index is 12.4. The molecule has 3 N–H and O–H groups in total. The Bertz CT molecular complexity index is 896. The zero-order chi connectivity index (χ0) is 18.8. The maximum absolute atomic E-state index is 12.4. The van der Waals surface area contributed by atoms with Crippen LogP contribution in [0.1, 0.15) is 44.6 Å². The first-order valence-electron chi connectivity index (χ1n) is 7.94. The lowest BCUT2D eigenvalue weighted by Crippen LogP contribution is -2.30. The third-order valence-electron chi connectivity index (χ3n) is 3.99. The second kappa shape index (κ2) is 7.43. The van der Waals surface area contributed by atoms with E-state index in [9.17, 15) is 14.4 Å². The Morgan fingerprint density at radius 2 is 2.15 bits per heavy atom. The monoisotopic (exact) mass is 393 g/mol. The van der Waals surface area contributed by atoms with Crippen LogP contribution in [-0.4, -0.2) is 28.9 Å². The molecule has 0 radical (unpaired) electrons. The minimum atomic E-state index is -1.08. The number of amides is 2. The van der Waals surface area contributed by atoms with Crippen LogP contribution in [0, 0.1) is 0 Å². The zero-order valence-electron chi connectivity index (χ0n) is 13.9. The number of carbonyl (C=O) groups excluding carboxylic acids is 3. The van der Waals surface area contributed by atoms with Gasteiger partial charge in [-0.3, -0.25) is 9.59 Å². The Balaban J connectivity index is 1.70. The molecule has 2 aromatic heterocycles. The molecule has 9 heteroatoms. The summed E-state index contributed by atoms with van der Waals surface area (Å²) < 4.78 is 5.12. The number of hydrogen-bond donors (Lipinski definition) is 2. The molecular weight excluding hydrogens is 378 g/mol. The van der Waals surface area contributed by atoms with Gasteiger partial charge in [-0.05, 0) is 43.9 Å². The molecule has 26 heavy (non-hydrogen) atoms. The summed E-state index contributed by atoms with van der Waals surface area (Å²) in [4.78, 5) is 41.1. The molecule has 0 saturated heterocycles. The van der Waals surface area contributed by atoms with E-state index in [0.717, 1.165) is 29.7 Å². The third kappa shape index (κ3) is 3.71. The third-order valence-corrected chi connectivity index (χ3v) is 5.43. The van der Waals surface area contributed by atoms with Gasteiger partial charge in [-0.2, -0.15) is 0 Å². The van der Waals surface area contributed by atoms with Crippen LogP contribution in [0.3, 0.4) is 0 Å². The Labute approximate surface area is 158 Å². The summed E-state index contributed by atoms with van der Waals surface area (Å²) in [6.07, 6.45) is 2.89. The molecule has 2 heterocycles. The van der Waals surface area contributed by atoms with Gasteiger partial charge < -0.3 is 15.8 Å². The Morgan fingerprint density at radius 1 is 1.38 bits per heavy atom. The Hall–Kier alpha value is -2.45. The lowest BCUT2D eigenvalue weighted by Gasteiger charge is -2.13. The first-order valence-corrected chi connectivity index (χ1v) is 9.14. The van der Waals surface area contributed by atoms with E-state index in [-0.39, 0.29) is 5.69 Å². The van der Waals surface area contributed by atoms with Crippen molar-refractivity contribution in [2.45, 2.75) is 32.3 Å². The maximum Gasteiger partial charge on any atom is 0.357 e. The summed E-state index contributed by atoms with van der Waals surface area (Å²) in [6.45, 7) is 1.43. The molecule has 2 aromatic rings. The quantitative estimate of drug-likeness (QED) is 0.758. The number of hydrogen-bond acceptors (Lipinski definition) is 6. The lowest BCUT2D eigenvalue weighted by molar-refractivity contribution is -0.123. The lowest BCUT2D eigenvalue weighted by atomic mass is 10.1. The van der Waals surface area contributed by atoms with Crippen LogP contribution in [0.15, 0.2) is 18.3 Å². The second-order valence-electron chi connectivity index (χ2n) is 5.82. The smallest absolute Gasteiger partial charge is 0.357 e. The van der Waals surface area contributed by atoms with Gasteiger partial charge >= 0.3 is 5.97 Å². The Morgan fingerprint density at radius 3 is 2.85 bits per heavy atom. The topological polar surface area (TPSA) is 111 Å². The van der Waals surface area contributed by atoms with Gasteiger partial charge in [-0.15, -0.1) is 11.3 Å². The molecule has 0 fully saturated rings. The number of halogens is 1. The number of nitrogens with one attached hydrogen (secondary N) is 1. The number of pyridine rings is 1. The number of fused-ring (bicyclic) bond motifs is 1. The van der Waals surface area contributed by atoms with Crippen LogP contribution >= 0.6 is 22.9 Å². The largest absolute Gasteiger partial charge is 0.448 e. The molecule has 0 bridgehead atoms. The number of esters is 1. The normalized spacial score (nSPS) is 13.8. The number of nitrogens with two attached hydrogens (primary N) is 1. The van der Waals surface area contributed by atoms with E-state index in [2.05, 4.69) is 10.3 Å². The SMILES string of the molecule is C[C@H](OC(=O)c1cc(Cl)ccn1)C(=O)Nc1sc2c(c1C(N)=O)CCC2. The molecule has 0 spiro atoms. The van der Waals surface area contributed by atoms with Gasteiger partial charge in [0.1, 0.15) is 10.7 Å². The van der Waals surface area contributed by atoms with Crippen molar-refractivity contribution in [1.82, 2.24) is 4.98 Å². The van der Waals surface area contributed by atoms with E-state index in [1.807, 2.05) is 0 Å². The first kappa shape index (κ1) is 18.3. The highest BCUT2D eigenvalue weighted by Gasteiger charge is 2.28. The van der Waals surface area contributed by atoms with Crippen molar-refractivity contribution in [3.63, 3.8) is 0 Å². The van der Waals surface area contributed by atoms with Gasteiger partial charge in [0.2, 0.25) is 0 Å². The summed E-state index contributed by atoms with van der Waals surface area (Å²) in [6, 6.07) is 2.87. The number of rotatable bonds is 5. The van der Waals surface area contributed by atoms with E-state index >= 15 is 0 Å². The summed E-state index contributed by atoms with van der Waals surface area (Å²) >= 11 is 7.15. The molecule has 1 aliphatic rings. The fraction of sp³-hybridized carbons (Fsp3) is 0.294. The number of nitrogens with zero attached hydrogens (tertiary/aromatic N) is 1. The fourth-order valence-electron chi connectivity index (χ4n) is 2.76. The summed E-state index contributed by atoms with van der Waals surface area (Å²) in [5.74, 6) is -1.89. The molecule has 3 rings (SSSR count). The molecular formula is C17H16ClN3O4S. The number of thiophene rings is 1. The van der Waals surface area contributed by atoms with E-state index in [1.54, 1.807) is 0 Å². The first-order chi connectivity index (χ1) is 12.4. The van der Waals surface area contributed by atoms with Crippen molar-refractivity contribution in [1.29, 1.82) is 0 Å². The predicted octanol–water partition coefficient (Wildman–Crippen LogP) is 2.57. The van der Waals surface area contributed by atoms with Crippen molar-refractivity contribution in [2.24, 2.45) is 5.73 Å². The minimum absolute atomic E-state index is 0.00470. The summed E-state index contributed by atoms with van der Waals surface area (Å²) in [7, 11) is 0. The van der Waals surface area contributed by atoms with Crippen molar-refractivity contribution >= 4 is 45.7 Å². The van der Waals surface area contributed by atoms with Crippen LogP contribution in [0.4, 0.5) is 5.00 Å². The Kier molecular flexibility index (Phi) is 5.24. The number of carbonyl (C=O) groups is 3. The second-order valence-corrected chi connectivity index (χ2v) is 7.36. The van der Waals surface area contributed by atoms with E-state index in [4.69, 9.17) is 22.1 Å². The summed E-state index contributed by atoms with van der Waals surface area (Å²) in [5, 5.41) is 3.38. The van der Waals surface area contributed by atoms with Gasteiger partial charge in [0.25, 0.3) is 11.8 Å². The number of ether oxygens (including phenoxy) is 1. The van der Waals surface area contributed by atoms with E-state index in [1.165, 1.54) is 36.6 Å². The molecule has 2 amide bonds. The highest BCUT2D eigenvalue weighted by molar-refractivity contribution is 7.17. The van der Waals surface area contributed by atoms with Crippen molar-refractivity contribution in [3.8, 4) is 0 Å². The molecule has 136 valence electrons. The van der Waals surface area contributed by atoms with Crippen molar-refractivity contribution in [3.05, 3.63) is 45.1 Å².